The van der Waals surface area contributed by atoms with Gasteiger partial charge in [-0.05, 0) is 25.7 Å². The van der Waals surface area contributed by atoms with Crippen LogP contribution >= 0.6 is 0 Å². The van der Waals surface area contributed by atoms with Gasteiger partial charge in [0.25, 0.3) is 0 Å². The summed E-state index contributed by atoms with van der Waals surface area (Å²) in [5, 5.41) is 15.5. The second-order valence-electron chi connectivity index (χ2n) is 5.91. The van der Waals surface area contributed by atoms with Crippen molar-refractivity contribution in [2.45, 2.75) is 57.0 Å². The first-order valence-electron chi connectivity index (χ1n) is 7.36. The first-order chi connectivity index (χ1) is 9.09. The third-order valence-corrected chi connectivity index (χ3v) is 4.30. The molecular weight excluding hydrogens is 244 g/mol. The van der Waals surface area contributed by atoms with E-state index in [4.69, 9.17) is 0 Å². The van der Waals surface area contributed by atoms with E-state index in [2.05, 4.69) is 10.6 Å². The lowest BCUT2D eigenvalue weighted by atomic mass is 10.0. The molecule has 0 spiro atoms. The van der Waals surface area contributed by atoms with Crippen LogP contribution in [0.4, 0.5) is 0 Å². The Bertz CT molecular complexity index is 332. The predicted molar refractivity (Wildman–Crippen MR) is 71.4 cm³/mol. The molecule has 0 aromatic carbocycles. The van der Waals surface area contributed by atoms with E-state index < -0.39 is 5.60 Å². The molecule has 0 saturated heterocycles. The Morgan fingerprint density at radius 2 is 1.68 bits per heavy atom. The zero-order valence-corrected chi connectivity index (χ0v) is 11.4. The molecule has 2 saturated carbocycles. The molecule has 0 aromatic heterocycles. The van der Waals surface area contributed by atoms with Crippen molar-refractivity contribution in [1.29, 1.82) is 0 Å². The lowest BCUT2D eigenvalue weighted by Crippen LogP contribution is -2.45. The minimum Gasteiger partial charge on any atom is -0.388 e. The Labute approximate surface area is 114 Å². The van der Waals surface area contributed by atoms with Gasteiger partial charge >= 0.3 is 0 Å². The molecule has 2 aliphatic carbocycles. The molecule has 0 aromatic rings. The zero-order chi connectivity index (χ0) is 13.7. The Kier molecular flexibility index (Phi) is 4.80. The topological polar surface area (TPSA) is 78.4 Å². The van der Waals surface area contributed by atoms with E-state index in [-0.39, 0.29) is 24.3 Å². The summed E-state index contributed by atoms with van der Waals surface area (Å²) in [4.78, 5) is 23.4. The Balaban J connectivity index is 1.62. The van der Waals surface area contributed by atoms with Gasteiger partial charge in [0, 0.05) is 12.5 Å². The number of aliphatic hydroxyl groups is 1. The minimum atomic E-state index is -0.731. The van der Waals surface area contributed by atoms with Crippen molar-refractivity contribution in [3.8, 4) is 0 Å². The molecule has 5 nitrogen and oxygen atoms in total. The van der Waals surface area contributed by atoms with Crippen LogP contribution in [0.3, 0.4) is 0 Å². The summed E-state index contributed by atoms with van der Waals surface area (Å²) < 4.78 is 0. The fourth-order valence-corrected chi connectivity index (χ4v) is 3.04. The third-order valence-electron chi connectivity index (χ3n) is 4.30. The van der Waals surface area contributed by atoms with Crippen molar-refractivity contribution in [2.24, 2.45) is 5.92 Å². The molecule has 108 valence electrons. The molecule has 2 rings (SSSR count). The van der Waals surface area contributed by atoms with Gasteiger partial charge in [0.2, 0.25) is 11.8 Å². The number of hydrogen-bond donors (Lipinski definition) is 3. The van der Waals surface area contributed by atoms with E-state index in [1.54, 1.807) is 0 Å². The highest BCUT2D eigenvalue weighted by Gasteiger charge is 2.31. The first-order valence-corrected chi connectivity index (χ1v) is 7.36. The summed E-state index contributed by atoms with van der Waals surface area (Å²) in [5.74, 6) is -0.134. The fraction of sp³-hybridized carbons (Fsp3) is 0.857. The van der Waals surface area contributed by atoms with Crippen molar-refractivity contribution >= 4 is 11.8 Å². The second-order valence-corrected chi connectivity index (χ2v) is 5.91. The zero-order valence-electron chi connectivity index (χ0n) is 11.4. The van der Waals surface area contributed by atoms with Crippen LogP contribution < -0.4 is 10.6 Å². The van der Waals surface area contributed by atoms with Gasteiger partial charge in [-0.25, -0.2) is 0 Å². The highest BCUT2D eigenvalue weighted by Crippen LogP contribution is 2.28. The van der Waals surface area contributed by atoms with Gasteiger partial charge in [-0.15, -0.1) is 0 Å². The van der Waals surface area contributed by atoms with Crippen LogP contribution in [0.25, 0.3) is 0 Å². The molecule has 2 aliphatic rings. The average Bonchev–Trinajstić information content (AvgIpc) is 3.05. The van der Waals surface area contributed by atoms with E-state index in [0.717, 1.165) is 51.4 Å². The van der Waals surface area contributed by atoms with E-state index in [1.165, 1.54) is 0 Å². The SMILES string of the molecule is O=C(CNC(=O)C1CCCC1)NCC1(O)CCCC1. The maximum Gasteiger partial charge on any atom is 0.239 e. The first kappa shape index (κ1) is 14.3. The number of amides is 2. The summed E-state index contributed by atoms with van der Waals surface area (Å²) in [6, 6.07) is 0. The number of nitrogens with one attached hydrogen (secondary N) is 2. The maximum atomic E-state index is 11.7. The molecule has 0 atom stereocenters. The maximum absolute atomic E-state index is 11.7. The fourth-order valence-electron chi connectivity index (χ4n) is 3.04. The van der Waals surface area contributed by atoms with E-state index in [1.807, 2.05) is 0 Å². The smallest absolute Gasteiger partial charge is 0.239 e. The second kappa shape index (κ2) is 6.37. The average molecular weight is 268 g/mol. The van der Waals surface area contributed by atoms with Gasteiger partial charge in [0.1, 0.15) is 0 Å². The summed E-state index contributed by atoms with van der Waals surface area (Å²) in [6.45, 7) is 0.316. The number of rotatable bonds is 5. The van der Waals surface area contributed by atoms with E-state index in [0.29, 0.717) is 6.54 Å². The van der Waals surface area contributed by atoms with Crippen LogP contribution in [0, 0.1) is 5.92 Å². The van der Waals surface area contributed by atoms with Crippen LogP contribution in [0.1, 0.15) is 51.4 Å². The minimum absolute atomic E-state index is 0.00720. The van der Waals surface area contributed by atoms with Crippen molar-refractivity contribution in [3.63, 3.8) is 0 Å². The van der Waals surface area contributed by atoms with E-state index >= 15 is 0 Å². The third kappa shape index (κ3) is 4.20. The van der Waals surface area contributed by atoms with Crippen LogP contribution in [-0.2, 0) is 9.59 Å². The molecule has 0 bridgehead atoms. The van der Waals surface area contributed by atoms with Gasteiger partial charge in [-0.3, -0.25) is 9.59 Å². The molecule has 2 fully saturated rings. The summed E-state index contributed by atoms with van der Waals surface area (Å²) in [7, 11) is 0. The Morgan fingerprint density at radius 1 is 1.05 bits per heavy atom. The highest BCUT2D eigenvalue weighted by atomic mass is 16.3. The molecule has 0 unspecified atom stereocenters. The van der Waals surface area contributed by atoms with Gasteiger partial charge in [0.15, 0.2) is 0 Å². The summed E-state index contributed by atoms with van der Waals surface area (Å²) >= 11 is 0. The lowest BCUT2D eigenvalue weighted by molar-refractivity contribution is -0.128. The van der Waals surface area contributed by atoms with Gasteiger partial charge < -0.3 is 15.7 Å². The Morgan fingerprint density at radius 3 is 2.32 bits per heavy atom. The molecule has 0 radical (unpaired) electrons. The standard InChI is InChI=1S/C14H24N2O3/c17-12(16-10-14(19)7-3-4-8-14)9-15-13(18)11-5-1-2-6-11/h11,19H,1-10H2,(H,15,18)(H,16,17). The molecule has 2 amide bonds. The monoisotopic (exact) mass is 268 g/mol. The summed E-state index contributed by atoms with van der Waals surface area (Å²) in [5.41, 5.74) is -0.731. The molecule has 0 aliphatic heterocycles. The number of carbonyl (C=O) groups excluding carboxylic acids is 2. The van der Waals surface area contributed by atoms with Crippen LogP contribution in [-0.4, -0.2) is 35.6 Å². The quantitative estimate of drug-likeness (QED) is 0.687. The van der Waals surface area contributed by atoms with Crippen molar-refractivity contribution in [1.82, 2.24) is 10.6 Å². The molecule has 19 heavy (non-hydrogen) atoms. The Hall–Kier alpha value is -1.10. The predicted octanol–water partition coefficient (Wildman–Crippen LogP) is 0.714. The number of carbonyl (C=O) groups is 2. The largest absolute Gasteiger partial charge is 0.388 e. The van der Waals surface area contributed by atoms with Crippen molar-refractivity contribution in [3.05, 3.63) is 0 Å². The van der Waals surface area contributed by atoms with Crippen LogP contribution in [0.5, 0.6) is 0 Å². The van der Waals surface area contributed by atoms with Gasteiger partial charge in [0.05, 0.1) is 12.1 Å². The lowest BCUT2D eigenvalue weighted by Gasteiger charge is -2.22. The van der Waals surface area contributed by atoms with Crippen molar-refractivity contribution < 1.29 is 14.7 Å². The normalized spacial score (nSPS) is 22.4. The van der Waals surface area contributed by atoms with Crippen LogP contribution in [0.2, 0.25) is 0 Å². The molecule has 5 heteroatoms. The molecule has 0 heterocycles. The van der Waals surface area contributed by atoms with Gasteiger partial charge in [-0.2, -0.15) is 0 Å². The summed E-state index contributed by atoms with van der Waals surface area (Å²) in [6.07, 6.45) is 7.63. The van der Waals surface area contributed by atoms with Crippen molar-refractivity contribution in [2.75, 3.05) is 13.1 Å². The van der Waals surface area contributed by atoms with E-state index in [9.17, 15) is 14.7 Å². The van der Waals surface area contributed by atoms with Crippen LogP contribution in [0.15, 0.2) is 0 Å². The highest BCUT2D eigenvalue weighted by molar-refractivity contribution is 5.85. The molecule has 3 N–H and O–H groups in total. The molecular formula is C14H24N2O3. The van der Waals surface area contributed by atoms with Gasteiger partial charge in [-0.1, -0.05) is 25.7 Å². The number of hydrogen-bond acceptors (Lipinski definition) is 3.